The quantitative estimate of drug-likeness (QED) is 0.788. The second-order valence-electron chi connectivity index (χ2n) is 3.23. The number of methoxy groups -OCH3 is 1. The number of hydrogen-bond donors (Lipinski definition) is 1. The number of H-pyrrole nitrogens is 1. The topological polar surface area (TPSA) is 48.8 Å². The Labute approximate surface area is 82.9 Å². The molecule has 2 N–H and O–H groups in total. The molecule has 0 unspecified atom stereocenters. The van der Waals surface area contributed by atoms with Crippen molar-refractivity contribution in [3.05, 3.63) is 30.0 Å². The number of hydrogen-bond acceptors (Lipinski definition) is 1. The molecule has 1 radical (unpaired) electrons. The lowest BCUT2D eigenvalue weighted by atomic mass is 10.1. The van der Waals surface area contributed by atoms with Crippen LogP contribution in [0.5, 0.6) is 5.75 Å². The maximum atomic E-state index is 7.21. The Morgan fingerprint density at radius 3 is 3.00 bits per heavy atom. The molecule has 3 nitrogen and oxygen atoms in total. The zero-order valence-electron chi connectivity index (χ0n) is 8.13. The summed E-state index contributed by atoms with van der Waals surface area (Å²) in [6.07, 6.45) is 2.76. The standard InChI is InChI=1S/C11H13N2O/c1-14-9-2-3-11-10(6-9)8(4-5-12)7-13-11/h2-3,6-7,12-13H,4-5H2,1H3. The summed E-state index contributed by atoms with van der Waals surface area (Å²) in [7, 11) is 1.66. The summed E-state index contributed by atoms with van der Waals surface area (Å²) in [5.41, 5.74) is 9.50. The molecular weight excluding hydrogens is 176 g/mol. The van der Waals surface area contributed by atoms with E-state index in [9.17, 15) is 0 Å². The summed E-state index contributed by atoms with van der Waals surface area (Å²) in [6, 6.07) is 5.95. The van der Waals surface area contributed by atoms with Gasteiger partial charge in [0.25, 0.3) is 0 Å². The van der Waals surface area contributed by atoms with Gasteiger partial charge in [0, 0.05) is 23.6 Å². The summed E-state index contributed by atoms with van der Waals surface area (Å²) >= 11 is 0. The van der Waals surface area contributed by atoms with Gasteiger partial charge in [-0.15, -0.1) is 0 Å². The van der Waals surface area contributed by atoms with Crippen LogP contribution in [0.3, 0.4) is 0 Å². The minimum atomic E-state index is 0.421. The van der Waals surface area contributed by atoms with Gasteiger partial charge in [0.1, 0.15) is 5.75 Å². The highest BCUT2D eigenvalue weighted by Crippen LogP contribution is 2.23. The average molecular weight is 189 g/mol. The fourth-order valence-electron chi connectivity index (χ4n) is 1.63. The molecule has 3 heteroatoms. The van der Waals surface area contributed by atoms with Crippen molar-refractivity contribution in [1.82, 2.24) is 10.7 Å². The van der Waals surface area contributed by atoms with Crippen LogP contribution >= 0.6 is 0 Å². The number of aromatic nitrogens is 1. The highest BCUT2D eigenvalue weighted by Gasteiger charge is 2.03. The molecule has 0 saturated heterocycles. The maximum Gasteiger partial charge on any atom is 0.119 e. The van der Waals surface area contributed by atoms with Gasteiger partial charge in [0.2, 0.25) is 0 Å². The lowest BCUT2D eigenvalue weighted by Gasteiger charge is -2.00. The number of aromatic amines is 1. The van der Waals surface area contributed by atoms with Gasteiger partial charge in [-0.25, -0.2) is 0 Å². The molecule has 2 rings (SSSR count). The van der Waals surface area contributed by atoms with E-state index in [2.05, 4.69) is 4.98 Å². The first-order valence-corrected chi connectivity index (χ1v) is 4.63. The third kappa shape index (κ3) is 1.46. The molecule has 1 heterocycles. The summed E-state index contributed by atoms with van der Waals surface area (Å²) in [5.74, 6) is 0.864. The van der Waals surface area contributed by atoms with Crippen LogP contribution in [-0.2, 0) is 6.42 Å². The largest absolute Gasteiger partial charge is 0.497 e. The van der Waals surface area contributed by atoms with Crippen LogP contribution in [0.15, 0.2) is 24.4 Å². The summed E-state index contributed by atoms with van der Waals surface area (Å²) < 4.78 is 5.16. The molecule has 0 fully saturated rings. The third-order valence-electron chi connectivity index (χ3n) is 2.37. The fourth-order valence-corrected chi connectivity index (χ4v) is 1.63. The Kier molecular flexibility index (Phi) is 2.41. The molecule has 14 heavy (non-hydrogen) atoms. The van der Waals surface area contributed by atoms with E-state index >= 15 is 0 Å². The van der Waals surface area contributed by atoms with Crippen molar-refractivity contribution in [1.29, 1.82) is 0 Å². The van der Waals surface area contributed by atoms with Gasteiger partial charge in [-0.3, -0.25) is 5.73 Å². The van der Waals surface area contributed by atoms with Crippen LogP contribution in [-0.4, -0.2) is 18.6 Å². The van der Waals surface area contributed by atoms with Gasteiger partial charge in [-0.2, -0.15) is 0 Å². The van der Waals surface area contributed by atoms with Gasteiger partial charge < -0.3 is 9.72 Å². The molecule has 0 aliphatic rings. The first-order valence-electron chi connectivity index (χ1n) is 4.63. The smallest absolute Gasteiger partial charge is 0.119 e. The van der Waals surface area contributed by atoms with Crippen molar-refractivity contribution in [2.75, 3.05) is 13.7 Å². The van der Waals surface area contributed by atoms with Crippen LogP contribution in [0.2, 0.25) is 0 Å². The molecule has 0 saturated carbocycles. The minimum Gasteiger partial charge on any atom is -0.497 e. The summed E-state index contributed by atoms with van der Waals surface area (Å²) in [4.78, 5) is 3.19. The van der Waals surface area contributed by atoms with Gasteiger partial charge in [-0.05, 0) is 30.2 Å². The highest BCUT2D eigenvalue weighted by atomic mass is 16.5. The molecule has 2 aromatic rings. The molecule has 0 atom stereocenters. The van der Waals surface area contributed by atoms with Crippen molar-refractivity contribution >= 4 is 10.9 Å². The number of nitrogens with one attached hydrogen (secondary N) is 2. The molecular formula is C11H13N2O. The number of ether oxygens (including phenoxy) is 1. The Morgan fingerprint density at radius 2 is 2.29 bits per heavy atom. The van der Waals surface area contributed by atoms with E-state index in [1.165, 1.54) is 5.56 Å². The lowest BCUT2D eigenvalue weighted by molar-refractivity contribution is 0.415. The van der Waals surface area contributed by atoms with Crippen LogP contribution in [0, 0.1) is 0 Å². The van der Waals surface area contributed by atoms with E-state index in [0.717, 1.165) is 23.1 Å². The van der Waals surface area contributed by atoms with Crippen molar-refractivity contribution in [3.8, 4) is 5.75 Å². The predicted octanol–water partition coefficient (Wildman–Crippen LogP) is 2.00. The second kappa shape index (κ2) is 3.72. The SMILES string of the molecule is COc1ccc2[nH]cc(CC[NH])c2c1. The van der Waals surface area contributed by atoms with E-state index < -0.39 is 0 Å². The van der Waals surface area contributed by atoms with Crippen LogP contribution in [0.4, 0.5) is 0 Å². The molecule has 0 aliphatic heterocycles. The zero-order chi connectivity index (χ0) is 9.97. The maximum absolute atomic E-state index is 7.21. The zero-order valence-corrected chi connectivity index (χ0v) is 8.13. The first-order chi connectivity index (χ1) is 6.85. The Bertz CT molecular complexity index is 434. The van der Waals surface area contributed by atoms with Gasteiger partial charge in [0.15, 0.2) is 0 Å². The Hall–Kier alpha value is -1.48. The monoisotopic (exact) mass is 189 g/mol. The summed E-state index contributed by atoms with van der Waals surface area (Å²) in [6.45, 7) is 0.421. The fraction of sp³-hybridized carbons (Fsp3) is 0.273. The molecule has 0 amide bonds. The van der Waals surface area contributed by atoms with E-state index in [4.69, 9.17) is 10.5 Å². The van der Waals surface area contributed by atoms with E-state index in [1.807, 2.05) is 24.4 Å². The number of benzene rings is 1. The van der Waals surface area contributed by atoms with Crippen LogP contribution in [0.25, 0.3) is 10.9 Å². The second-order valence-corrected chi connectivity index (χ2v) is 3.23. The summed E-state index contributed by atoms with van der Waals surface area (Å²) in [5, 5.41) is 1.16. The van der Waals surface area contributed by atoms with E-state index in [1.54, 1.807) is 7.11 Å². The molecule has 73 valence electrons. The van der Waals surface area contributed by atoms with Crippen molar-refractivity contribution < 1.29 is 4.74 Å². The van der Waals surface area contributed by atoms with Gasteiger partial charge in [0.05, 0.1) is 7.11 Å². The predicted molar refractivity (Wildman–Crippen MR) is 56.5 cm³/mol. The normalized spacial score (nSPS) is 10.7. The van der Waals surface area contributed by atoms with Crippen molar-refractivity contribution in [2.24, 2.45) is 0 Å². The molecule has 1 aromatic heterocycles. The van der Waals surface area contributed by atoms with E-state index in [0.29, 0.717) is 6.54 Å². The third-order valence-corrected chi connectivity index (χ3v) is 2.37. The number of rotatable bonds is 3. The van der Waals surface area contributed by atoms with Crippen LogP contribution in [0.1, 0.15) is 5.56 Å². The molecule has 0 bridgehead atoms. The van der Waals surface area contributed by atoms with Gasteiger partial charge >= 0.3 is 0 Å². The van der Waals surface area contributed by atoms with Gasteiger partial charge in [-0.1, -0.05) is 0 Å². The minimum absolute atomic E-state index is 0.421. The van der Waals surface area contributed by atoms with Crippen molar-refractivity contribution in [3.63, 3.8) is 0 Å². The van der Waals surface area contributed by atoms with Crippen LogP contribution < -0.4 is 10.5 Å². The molecule has 0 aliphatic carbocycles. The Balaban J connectivity index is 2.52. The van der Waals surface area contributed by atoms with Crippen molar-refractivity contribution in [2.45, 2.75) is 6.42 Å². The molecule has 1 aromatic carbocycles. The lowest BCUT2D eigenvalue weighted by Crippen LogP contribution is -1.90. The molecule has 0 spiro atoms. The van der Waals surface area contributed by atoms with E-state index in [-0.39, 0.29) is 0 Å². The average Bonchev–Trinajstić information content (AvgIpc) is 2.61. The highest BCUT2D eigenvalue weighted by molar-refractivity contribution is 5.84. The first kappa shape index (κ1) is 9.09. The Morgan fingerprint density at radius 1 is 1.43 bits per heavy atom. The number of fused-ring (bicyclic) bond motifs is 1.